The highest BCUT2D eigenvalue weighted by atomic mass is 35.5. The minimum absolute atomic E-state index is 0.517. The molecule has 0 aliphatic carbocycles. The van der Waals surface area contributed by atoms with Crippen LogP contribution < -0.4 is 10.6 Å². The fourth-order valence-electron chi connectivity index (χ4n) is 2.63. The summed E-state index contributed by atoms with van der Waals surface area (Å²) in [5.41, 5.74) is 8.12. The van der Waals surface area contributed by atoms with E-state index in [1.165, 1.54) is 24.9 Å². The fraction of sp³-hybridized carbons (Fsp3) is 0.571. The molecule has 1 fully saturated rings. The summed E-state index contributed by atoms with van der Waals surface area (Å²) in [5.74, 6) is 0.895. The van der Waals surface area contributed by atoms with Crippen molar-refractivity contribution in [2.45, 2.75) is 32.7 Å². The second-order valence-corrected chi connectivity index (χ2v) is 5.19. The van der Waals surface area contributed by atoms with Crippen molar-refractivity contribution in [1.82, 2.24) is 0 Å². The molecule has 17 heavy (non-hydrogen) atoms. The molecule has 2 N–H and O–H groups in total. The highest BCUT2D eigenvalue weighted by Gasteiger charge is 2.20. The van der Waals surface area contributed by atoms with Crippen molar-refractivity contribution < 1.29 is 0 Å². The van der Waals surface area contributed by atoms with Gasteiger partial charge in [0.2, 0.25) is 0 Å². The molecule has 1 aromatic carbocycles. The fourth-order valence-corrected chi connectivity index (χ4v) is 2.87. The van der Waals surface area contributed by atoms with Crippen molar-refractivity contribution in [3.8, 4) is 0 Å². The number of halogens is 1. The van der Waals surface area contributed by atoms with E-state index >= 15 is 0 Å². The zero-order valence-corrected chi connectivity index (χ0v) is 11.2. The monoisotopic (exact) mass is 252 g/mol. The van der Waals surface area contributed by atoms with Crippen LogP contribution in [-0.4, -0.2) is 13.1 Å². The molecule has 0 amide bonds. The average molecular weight is 253 g/mol. The first-order valence-electron chi connectivity index (χ1n) is 6.48. The third-order valence-electron chi connectivity index (χ3n) is 3.83. The topological polar surface area (TPSA) is 29.3 Å². The lowest BCUT2D eigenvalue weighted by molar-refractivity contribution is 0.395. The van der Waals surface area contributed by atoms with E-state index in [1.54, 1.807) is 0 Å². The van der Waals surface area contributed by atoms with Gasteiger partial charge in [0.15, 0.2) is 0 Å². The van der Waals surface area contributed by atoms with Crippen molar-refractivity contribution in [2.75, 3.05) is 18.0 Å². The van der Waals surface area contributed by atoms with E-state index in [1.807, 2.05) is 12.1 Å². The summed E-state index contributed by atoms with van der Waals surface area (Å²) in [6.07, 6.45) is 3.87. The Kier molecular flexibility index (Phi) is 4.30. The zero-order chi connectivity index (χ0) is 12.3. The van der Waals surface area contributed by atoms with Gasteiger partial charge in [-0.15, -0.1) is 0 Å². The van der Waals surface area contributed by atoms with Gasteiger partial charge in [0, 0.05) is 35.9 Å². The van der Waals surface area contributed by atoms with Gasteiger partial charge in [-0.1, -0.05) is 31.0 Å². The number of piperidine rings is 1. The Morgan fingerprint density at radius 2 is 2.06 bits per heavy atom. The molecule has 0 radical (unpaired) electrons. The SMILES string of the molecule is CCC1CCN(c2cccc(Cl)c2CN)CC1. The number of anilines is 1. The number of hydrogen-bond donors (Lipinski definition) is 1. The van der Waals surface area contributed by atoms with Gasteiger partial charge in [0.05, 0.1) is 0 Å². The predicted molar refractivity (Wildman–Crippen MR) is 74.6 cm³/mol. The van der Waals surface area contributed by atoms with Crippen molar-refractivity contribution in [2.24, 2.45) is 11.7 Å². The Morgan fingerprint density at radius 3 is 2.65 bits per heavy atom. The quantitative estimate of drug-likeness (QED) is 0.893. The molecule has 1 saturated heterocycles. The zero-order valence-electron chi connectivity index (χ0n) is 10.5. The molecule has 2 rings (SSSR count). The van der Waals surface area contributed by atoms with Gasteiger partial charge in [0.25, 0.3) is 0 Å². The van der Waals surface area contributed by atoms with E-state index < -0.39 is 0 Å². The lowest BCUT2D eigenvalue weighted by Gasteiger charge is -2.34. The minimum Gasteiger partial charge on any atom is -0.371 e. The maximum atomic E-state index is 6.20. The Hall–Kier alpha value is -0.730. The van der Waals surface area contributed by atoms with Crippen LogP contribution in [-0.2, 0) is 6.54 Å². The molecule has 1 heterocycles. The van der Waals surface area contributed by atoms with Crippen LogP contribution in [0.15, 0.2) is 18.2 Å². The average Bonchev–Trinajstić information content (AvgIpc) is 2.38. The standard InChI is InChI=1S/C14H21ClN2/c1-2-11-6-8-17(9-7-11)14-5-3-4-13(15)12(14)10-16/h3-5,11H,2,6-10,16H2,1H3. The molecule has 1 aliphatic heterocycles. The Balaban J connectivity index is 2.15. The Morgan fingerprint density at radius 1 is 1.35 bits per heavy atom. The molecule has 94 valence electrons. The molecule has 1 aromatic rings. The lowest BCUT2D eigenvalue weighted by Crippen LogP contribution is -2.34. The normalized spacial score (nSPS) is 17.5. The van der Waals surface area contributed by atoms with E-state index in [0.29, 0.717) is 6.54 Å². The first-order valence-corrected chi connectivity index (χ1v) is 6.86. The second kappa shape index (κ2) is 5.74. The van der Waals surface area contributed by atoms with Gasteiger partial charge < -0.3 is 10.6 Å². The molecule has 0 bridgehead atoms. The van der Waals surface area contributed by atoms with Crippen molar-refractivity contribution in [1.29, 1.82) is 0 Å². The van der Waals surface area contributed by atoms with Crippen LogP contribution in [0.4, 0.5) is 5.69 Å². The molecule has 0 unspecified atom stereocenters. The smallest absolute Gasteiger partial charge is 0.0471 e. The molecular formula is C14H21ClN2. The maximum Gasteiger partial charge on any atom is 0.0471 e. The summed E-state index contributed by atoms with van der Waals surface area (Å²) in [6.45, 7) is 5.06. The maximum absolute atomic E-state index is 6.20. The van der Waals surface area contributed by atoms with E-state index in [-0.39, 0.29) is 0 Å². The third kappa shape index (κ3) is 2.75. The summed E-state index contributed by atoms with van der Waals surface area (Å²) in [5, 5.41) is 0.794. The largest absolute Gasteiger partial charge is 0.371 e. The first-order chi connectivity index (χ1) is 8.26. The van der Waals surface area contributed by atoms with E-state index in [2.05, 4.69) is 17.9 Å². The molecule has 2 nitrogen and oxygen atoms in total. The van der Waals surface area contributed by atoms with Crippen LogP contribution in [0.25, 0.3) is 0 Å². The first kappa shape index (κ1) is 12.7. The highest BCUT2D eigenvalue weighted by molar-refractivity contribution is 6.31. The molecule has 0 aromatic heterocycles. The van der Waals surface area contributed by atoms with Gasteiger partial charge in [0.1, 0.15) is 0 Å². The molecule has 1 aliphatic rings. The summed E-state index contributed by atoms with van der Waals surface area (Å²) in [7, 11) is 0. The summed E-state index contributed by atoms with van der Waals surface area (Å²) in [4.78, 5) is 2.43. The molecule has 0 atom stereocenters. The molecular weight excluding hydrogens is 232 g/mol. The molecule has 0 saturated carbocycles. The lowest BCUT2D eigenvalue weighted by atomic mass is 9.94. The highest BCUT2D eigenvalue weighted by Crippen LogP contribution is 2.31. The van der Waals surface area contributed by atoms with Crippen LogP contribution in [0.1, 0.15) is 31.7 Å². The number of hydrogen-bond acceptors (Lipinski definition) is 2. The summed E-state index contributed by atoms with van der Waals surface area (Å²) >= 11 is 6.20. The van der Waals surface area contributed by atoms with Crippen molar-refractivity contribution in [3.05, 3.63) is 28.8 Å². The van der Waals surface area contributed by atoms with Crippen LogP contribution >= 0.6 is 11.6 Å². The number of nitrogens with zero attached hydrogens (tertiary/aromatic N) is 1. The predicted octanol–water partition coefficient (Wildman–Crippen LogP) is 3.43. The third-order valence-corrected chi connectivity index (χ3v) is 4.18. The van der Waals surface area contributed by atoms with Gasteiger partial charge in [-0.25, -0.2) is 0 Å². The van der Waals surface area contributed by atoms with Crippen LogP contribution in [0.5, 0.6) is 0 Å². The van der Waals surface area contributed by atoms with Crippen LogP contribution in [0, 0.1) is 5.92 Å². The van der Waals surface area contributed by atoms with E-state index in [0.717, 1.165) is 29.6 Å². The van der Waals surface area contributed by atoms with Gasteiger partial charge >= 0.3 is 0 Å². The number of nitrogens with two attached hydrogens (primary N) is 1. The van der Waals surface area contributed by atoms with Crippen LogP contribution in [0.3, 0.4) is 0 Å². The van der Waals surface area contributed by atoms with Gasteiger partial charge in [-0.05, 0) is 30.9 Å². The second-order valence-electron chi connectivity index (χ2n) is 4.78. The molecule has 0 spiro atoms. The van der Waals surface area contributed by atoms with Crippen LogP contribution in [0.2, 0.25) is 5.02 Å². The van der Waals surface area contributed by atoms with E-state index in [9.17, 15) is 0 Å². The summed E-state index contributed by atoms with van der Waals surface area (Å²) in [6, 6.07) is 6.08. The van der Waals surface area contributed by atoms with Crippen molar-refractivity contribution >= 4 is 17.3 Å². The Labute approximate surface area is 109 Å². The summed E-state index contributed by atoms with van der Waals surface area (Å²) < 4.78 is 0. The molecule has 3 heteroatoms. The van der Waals surface area contributed by atoms with Gasteiger partial charge in [-0.3, -0.25) is 0 Å². The Bertz CT molecular complexity index is 370. The van der Waals surface area contributed by atoms with E-state index in [4.69, 9.17) is 17.3 Å². The van der Waals surface area contributed by atoms with Gasteiger partial charge in [-0.2, -0.15) is 0 Å². The van der Waals surface area contributed by atoms with Crippen molar-refractivity contribution in [3.63, 3.8) is 0 Å². The number of benzene rings is 1. The minimum atomic E-state index is 0.517. The number of rotatable bonds is 3.